The Morgan fingerprint density at radius 2 is 1.97 bits per heavy atom. The van der Waals surface area contributed by atoms with Crippen LogP contribution >= 0.6 is 0 Å². The van der Waals surface area contributed by atoms with Gasteiger partial charge in [0.25, 0.3) is 0 Å². The molecular weight excluding hydrogens is 450 g/mol. The van der Waals surface area contributed by atoms with Gasteiger partial charge in [-0.2, -0.15) is 4.31 Å². The lowest BCUT2D eigenvalue weighted by Gasteiger charge is -2.32. The second-order valence-electron chi connectivity index (χ2n) is 8.79. The molecule has 0 radical (unpaired) electrons. The standard InChI is InChI=1S/C25H29N5O3S/c1-26-22-9-10-25-21(16-22)17-30(34(31,32)14-13-28(2)3)23(15-20-7-5-4-6-8-20)18-29(25)19-24-11-12-27-33-24/h4-12,16,23H,13-15,17-19H2,2-3H3/t23-/m1/s1. The molecule has 0 aliphatic carbocycles. The number of rotatable bonds is 8. The van der Waals surface area contributed by atoms with Gasteiger partial charge in [-0.25, -0.2) is 13.3 Å². The quantitative estimate of drug-likeness (QED) is 0.460. The van der Waals surface area contributed by atoms with Crippen LogP contribution in [0.2, 0.25) is 0 Å². The van der Waals surface area contributed by atoms with Crippen LogP contribution in [0.25, 0.3) is 4.85 Å². The lowest BCUT2D eigenvalue weighted by Crippen LogP contribution is -2.47. The average molecular weight is 480 g/mol. The number of fused-ring (bicyclic) bond motifs is 1. The van der Waals surface area contributed by atoms with Gasteiger partial charge in [-0.15, -0.1) is 0 Å². The van der Waals surface area contributed by atoms with E-state index in [1.165, 1.54) is 0 Å². The zero-order chi connectivity index (χ0) is 24.1. The topological polar surface area (TPSA) is 74.2 Å². The van der Waals surface area contributed by atoms with Gasteiger partial charge in [-0.05, 0) is 43.8 Å². The monoisotopic (exact) mass is 479 g/mol. The van der Waals surface area contributed by atoms with Crippen LogP contribution in [0.1, 0.15) is 16.9 Å². The van der Waals surface area contributed by atoms with Crippen molar-refractivity contribution in [2.45, 2.75) is 25.6 Å². The van der Waals surface area contributed by atoms with Gasteiger partial charge in [0.2, 0.25) is 10.0 Å². The predicted molar refractivity (Wildman–Crippen MR) is 132 cm³/mol. The van der Waals surface area contributed by atoms with Gasteiger partial charge in [0.15, 0.2) is 11.4 Å². The van der Waals surface area contributed by atoms with Crippen LogP contribution in [0, 0.1) is 6.57 Å². The van der Waals surface area contributed by atoms with E-state index in [1.54, 1.807) is 22.6 Å². The molecule has 2 aromatic carbocycles. The number of aromatic nitrogens is 1. The van der Waals surface area contributed by atoms with E-state index in [0.29, 0.717) is 37.5 Å². The van der Waals surface area contributed by atoms with Crippen molar-refractivity contribution in [3.05, 3.63) is 89.1 Å². The molecule has 0 bridgehead atoms. The fourth-order valence-electron chi connectivity index (χ4n) is 4.27. The summed E-state index contributed by atoms with van der Waals surface area (Å²) in [5.74, 6) is 0.730. The number of anilines is 1. The first-order chi connectivity index (χ1) is 16.4. The molecule has 0 saturated heterocycles. The van der Waals surface area contributed by atoms with Crippen LogP contribution in [0.3, 0.4) is 0 Å². The number of hydrogen-bond donors (Lipinski definition) is 0. The molecule has 34 heavy (non-hydrogen) atoms. The van der Waals surface area contributed by atoms with Gasteiger partial charge >= 0.3 is 0 Å². The minimum absolute atomic E-state index is 0.0330. The zero-order valence-electron chi connectivity index (χ0n) is 19.5. The minimum atomic E-state index is -3.57. The average Bonchev–Trinajstić information content (AvgIpc) is 3.28. The molecule has 1 aliphatic rings. The first kappa shape index (κ1) is 24.0. The summed E-state index contributed by atoms with van der Waals surface area (Å²) >= 11 is 0. The Morgan fingerprint density at radius 1 is 1.18 bits per heavy atom. The van der Waals surface area contributed by atoms with E-state index in [-0.39, 0.29) is 18.3 Å². The van der Waals surface area contributed by atoms with Crippen molar-refractivity contribution in [1.29, 1.82) is 0 Å². The van der Waals surface area contributed by atoms with E-state index in [1.807, 2.05) is 61.5 Å². The summed E-state index contributed by atoms with van der Waals surface area (Å²) in [7, 11) is 0.175. The Bertz CT molecular complexity index is 1240. The second kappa shape index (κ2) is 10.4. The van der Waals surface area contributed by atoms with E-state index < -0.39 is 10.0 Å². The lowest BCUT2D eigenvalue weighted by molar-refractivity contribution is 0.312. The molecule has 0 fully saturated rings. The number of nitrogens with zero attached hydrogens (tertiary/aromatic N) is 5. The predicted octanol–water partition coefficient (Wildman–Crippen LogP) is 3.55. The van der Waals surface area contributed by atoms with Gasteiger partial charge in [0, 0.05) is 37.4 Å². The second-order valence-corrected chi connectivity index (χ2v) is 10.8. The summed E-state index contributed by atoms with van der Waals surface area (Å²) < 4.78 is 34.3. The van der Waals surface area contributed by atoms with Crippen LogP contribution in [0.5, 0.6) is 0 Å². The maximum Gasteiger partial charge on any atom is 0.215 e. The molecule has 1 aromatic heterocycles. The highest BCUT2D eigenvalue weighted by Gasteiger charge is 2.35. The first-order valence-electron chi connectivity index (χ1n) is 11.2. The van der Waals surface area contributed by atoms with Gasteiger partial charge in [0.1, 0.15) is 0 Å². The van der Waals surface area contributed by atoms with E-state index >= 15 is 0 Å². The van der Waals surface area contributed by atoms with Gasteiger partial charge in [-0.1, -0.05) is 41.6 Å². The molecular formula is C25H29N5O3S. The van der Waals surface area contributed by atoms with Crippen LogP contribution < -0.4 is 4.90 Å². The summed E-state index contributed by atoms with van der Waals surface area (Å²) in [6, 6.07) is 17.0. The fourth-order valence-corrected chi connectivity index (χ4v) is 6.03. The Kier molecular flexibility index (Phi) is 7.32. The van der Waals surface area contributed by atoms with Crippen LogP contribution in [0.4, 0.5) is 11.4 Å². The van der Waals surface area contributed by atoms with E-state index in [0.717, 1.165) is 16.8 Å². The summed E-state index contributed by atoms with van der Waals surface area (Å²) in [4.78, 5) is 7.59. The largest absolute Gasteiger partial charge is 0.362 e. The highest BCUT2D eigenvalue weighted by atomic mass is 32.2. The molecule has 0 amide bonds. The molecule has 9 heteroatoms. The van der Waals surface area contributed by atoms with Crippen molar-refractivity contribution >= 4 is 21.4 Å². The molecule has 1 atom stereocenters. The summed E-state index contributed by atoms with van der Waals surface area (Å²) in [6.45, 7) is 9.06. The molecule has 2 heterocycles. The van der Waals surface area contributed by atoms with E-state index in [4.69, 9.17) is 11.1 Å². The highest BCUT2D eigenvalue weighted by Crippen LogP contribution is 2.34. The van der Waals surface area contributed by atoms with Crippen LogP contribution in [0.15, 0.2) is 65.3 Å². The summed E-state index contributed by atoms with van der Waals surface area (Å²) in [5, 5.41) is 3.82. The van der Waals surface area contributed by atoms with Crippen molar-refractivity contribution in [1.82, 2.24) is 14.4 Å². The fraction of sp³-hybridized carbons (Fsp3) is 0.360. The molecule has 8 nitrogen and oxygen atoms in total. The molecule has 0 N–H and O–H groups in total. The molecule has 0 saturated carbocycles. The van der Waals surface area contributed by atoms with Crippen molar-refractivity contribution in [2.75, 3.05) is 37.8 Å². The minimum Gasteiger partial charge on any atom is -0.362 e. The van der Waals surface area contributed by atoms with Crippen molar-refractivity contribution in [3.8, 4) is 0 Å². The maximum atomic E-state index is 13.6. The molecule has 0 unspecified atom stereocenters. The number of benzene rings is 2. The molecule has 4 rings (SSSR count). The highest BCUT2D eigenvalue weighted by molar-refractivity contribution is 7.89. The van der Waals surface area contributed by atoms with Crippen molar-refractivity contribution in [3.63, 3.8) is 0 Å². The zero-order valence-corrected chi connectivity index (χ0v) is 20.3. The smallest absolute Gasteiger partial charge is 0.215 e. The van der Waals surface area contributed by atoms with Crippen LogP contribution in [-0.2, 0) is 29.5 Å². The Hall–Kier alpha value is -3.19. The van der Waals surface area contributed by atoms with Gasteiger partial charge in [0.05, 0.1) is 25.1 Å². The van der Waals surface area contributed by atoms with E-state index in [2.05, 4.69) is 14.9 Å². The molecule has 0 spiro atoms. The SMILES string of the molecule is [C-]#[N+]c1ccc2c(c1)CN(S(=O)(=O)CCN(C)C)[C@H](Cc1ccccc1)CN2Cc1ccno1. The first-order valence-corrected chi connectivity index (χ1v) is 12.8. The molecule has 178 valence electrons. The third-order valence-electron chi connectivity index (χ3n) is 6.00. The van der Waals surface area contributed by atoms with Gasteiger partial charge < -0.3 is 14.3 Å². The molecule has 3 aromatic rings. The van der Waals surface area contributed by atoms with Gasteiger partial charge in [-0.3, -0.25) is 0 Å². The summed E-state index contributed by atoms with van der Waals surface area (Å²) in [5.41, 5.74) is 3.29. The third kappa shape index (κ3) is 5.65. The Labute approximate surface area is 201 Å². The number of hydrogen-bond acceptors (Lipinski definition) is 6. The van der Waals surface area contributed by atoms with Crippen LogP contribution in [-0.4, -0.2) is 61.8 Å². The van der Waals surface area contributed by atoms with Crippen molar-refractivity contribution in [2.24, 2.45) is 0 Å². The van der Waals surface area contributed by atoms with E-state index in [9.17, 15) is 8.42 Å². The lowest BCUT2D eigenvalue weighted by atomic mass is 10.1. The normalized spacial score (nSPS) is 16.8. The number of sulfonamides is 1. The summed E-state index contributed by atoms with van der Waals surface area (Å²) in [6.07, 6.45) is 2.19. The maximum absolute atomic E-state index is 13.6. The Balaban J connectivity index is 1.77. The third-order valence-corrected chi connectivity index (χ3v) is 7.84. The van der Waals surface area contributed by atoms with Crippen molar-refractivity contribution < 1.29 is 12.9 Å². The molecule has 1 aliphatic heterocycles. The Morgan fingerprint density at radius 3 is 2.65 bits per heavy atom.